The summed E-state index contributed by atoms with van der Waals surface area (Å²) >= 11 is 5.66. The molecule has 2 rings (SSSR count). The third-order valence-corrected chi connectivity index (χ3v) is 3.15. The molecule has 0 bridgehead atoms. The summed E-state index contributed by atoms with van der Waals surface area (Å²) in [6.45, 7) is 8.11. The Morgan fingerprint density at radius 3 is 2.39 bits per heavy atom. The van der Waals surface area contributed by atoms with Crippen LogP contribution in [0.1, 0.15) is 27.7 Å². The highest BCUT2D eigenvalue weighted by molar-refractivity contribution is 6.18. The zero-order valence-electron chi connectivity index (χ0n) is 11.3. The molecular weight excluding hydrogens is 256 g/mol. The SMILES string of the molecule is CC1(C)O[C@@H]([C@H]2COC(C)(C)O2)[C@H](/C=C/CCl)O1. The Morgan fingerprint density at radius 1 is 1.11 bits per heavy atom. The Balaban J connectivity index is 2.07. The lowest BCUT2D eigenvalue weighted by Gasteiger charge is -2.22. The molecule has 0 N–H and O–H groups in total. The van der Waals surface area contributed by atoms with Crippen molar-refractivity contribution >= 4 is 11.6 Å². The molecule has 5 heteroatoms. The second-order valence-corrected chi connectivity index (χ2v) is 5.82. The van der Waals surface area contributed by atoms with Crippen LogP contribution in [0.4, 0.5) is 0 Å². The Kier molecular flexibility index (Phi) is 4.04. The minimum atomic E-state index is -0.609. The molecule has 18 heavy (non-hydrogen) atoms. The van der Waals surface area contributed by atoms with Crippen molar-refractivity contribution < 1.29 is 18.9 Å². The van der Waals surface area contributed by atoms with E-state index in [1.54, 1.807) is 0 Å². The van der Waals surface area contributed by atoms with Crippen LogP contribution in [0, 0.1) is 0 Å². The van der Waals surface area contributed by atoms with Crippen molar-refractivity contribution in [1.29, 1.82) is 0 Å². The van der Waals surface area contributed by atoms with Gasteiger partial charge in [-0.15, -0.1) is 11.6 Å². The van der Waals surface area contributed by atoms with Gasteiger partial charge in [0.15, 0.2) is 11.6 Å². The van der Waals surface area contributed by atoms with Crippen LogP contribution in [0.15, 0.2) is 12.2 Å². The number of alkyl halides is 1. The molecule has 2 heterocycles. The van der Waals surface area contributed by atoms with E-state index in [-0.39, 0.29) is 18.3 Å². The molecule has 0 aromatic heterocycles. The lowest BCUT2D eigenvalue weighted by molar-refractivity contribution is -0.174. The van der Waals surface area contributed by atoms with Gasteiger partial charge in [-0.05, 0) is 27.7 Å². The normalized spacial score (nSPS) is 38.6. The summed E-state index contributed by atoms with van der Waals surface area (Å²) in [6.07, 6.45) is 3.36. The number of ether oxygens (including phenoxy) is 4. The largest absolute Gasteiger partial charge is 0.348 e. The fourth-order valence-electron chi connectivity index (χ4n) is 2.32. The van der Waals surface area contributed by atoms with Gasteiger partial charge in [0.05, 0.1) is 6.61 Å². The first-order valence-electron chi connectivity index (χ1n) is 6.23. The van der Waals surface area contributed by atoms with Crippen molar-refractivity contribution in [3.8, 4) is 0 Å². The van der Waals surface area contributed by atoms with Crippen molar-refractivity contribution in [3.63, 3.8) is 0 Å². The first-order chi connectivity index (χ1) is 8.33. The number of hydrogen-bond donors (Lipinski definition) is 0. The zero-order valence-corrected chi connectivity index (χ0v) is 12.1. The summed E-state index contributed by atoms with van der Waals surface area (Å²) in [5.41, 5.74) is 0. The van der Waals surface area contributed by atoms with E-state index in [4.69, 9.17) is 30.5 Å². The number of allylic oxidation sites excluding steroid dienone is 1. The third-order valence-electron chi connectivity index (χ3n) is 2.98. The first-order valence-corrected chi connectivity index (χ1v) is 6.76. The fraction of sp³-hybridized carbons (Fsp3) is 0.846. The molecule has 0 unspecified atom stereocenters. The lowest BCUT2D eigenvalue weighted by Crippen LogP contribution is -2.37. The second kappa shape index (κ2) is 5.10. The van der Waals surface area contributed by atoms with Crippen LogP contribution in [0.25, 0.3) is 0 Å². The molecule has 0 aliphatic carbocycles. The van der Waals surface area contributed by atoms with E-state index in [9.17, 15) is 0 Å². The summed E-state index contributed by atoms with van der Waals surface area (Å²) in [5, 5.41) is 0. The van der Waals surface area contributed by atoms with E-state index in [0.29, 0.717) is 12.5 Å². The maximum atomic E-state index is 5.91. The monoisotopic (exact) mass is 276 g/mol. The molecule has 2 aliphatic rings. The van der Waals surface area contributed by atoms with E-state index >= 15 is 0 Å². The topological polar surface area (TPSA) is 36.9 Å². The molecule has 0 aromatic rings. The van der Waals surface area contributed by atoms with Crippen molar-refractivity contribution in [2.24, 2.45) is 0 Å². The van der Waals surface area contributed by atoms with E-state index in [2.05, 4.69) is 0 Å². The highest BCUT2D eigenvalue weighted by Gasteiger charge is 2.48. The van der Waals surface area contributed by atoms with Gasteiger partial charge in [0, 0.05) is 5.88 Å². The molecular formula is C13H21ClO4. The molecule has 0 saturated carbocycles. The van der Waals surface area contributed by atoms with Crippen LogP contribution in [0.5, 0.6) is 0 Å². The molecule has 4 nitrogen and oxygen atoms in total. The Labute approximate surface area is 113 Å². The predicted molar refractivity (Wildman–Crippen MR) is 68.6 cm³/mol. The molecule has 2 fully saturated rings. The van der Waals surface area contributed by atoms with Crippen LogP contribution in [-0.2, 0) is 18.9 Å². The van der Waals surface area contributed by atoms with Crippen molar-refractivity contribution in [2.45, 2.75) is 57.6 Å². The summed E-state index contributed by atoms with van der Waals surface area (Å²) in [7, 11) is 0. The highest BCUT2D eigenvalue weighted by Crippen LogP contribution is 2.35. The zero-order chi connectivity index (χ0) is 13.4. The fourth-order valence-corrected chi connectivity index (χ4v) is 2.42. The summed E-state index contributed by atoms with van der Waals surface area (Å²) in [6, 6.07) is 0. The van der Waals surface area contributed by atoms with Gasteiger partial charge < -0.3 is 18.9 Å². The first kappa shape index (κ1) is 14.3. The molecule has 0 spiro atoms. The van der Waals surface area contributed by atoms with Crippen LogP contribution in [0.3, 0.4) is 0 Å². The predicted octanol–water partition coefficient (Wildman–Crippen LogP) is 2.45. The minimum Gasteiger partial charge on any atom is -0.348 e. The Morgan fingerprint density at radius 2 is 1.83 bits per heavy atom. The molecule has 2 saturated heterocycles. The summed E-state index contributed by atoms with van der Waals surface area (Å²) < 4.78 is 23.2. The van der Waals surface area contributed by atoms with E-state index in [1.165, 1.54) is 0 Å². The van der Waals surface area contributed by atoms with Gasteiger partial charge in [-0.25, -0.2) is 0 Å². The van der Waals surface area contributed by atoms with Crippen molar-refractivity contribution in [2.75, 3.05) is 12.5 Å². The molecule has 2 aliphatic heterocycles. The molecule has 0 amide bonds. The molecule has 3 atom stereocenters. The average Bonchev–Trinajstić information content (AvgIpc) is 2.75. The van der Waals surface area contributed by atoms with Crippen LogP contribution in [0.2, 0.25) is 0 Å². The summed E-state index contributed by atoms with van der Waals surface area (Å²) in [5.74, 6) is -0.704. The van der Waals surface area contributed by atoms with E-state index in [0.717, 1.165) is 0 Å². The lowest BCUT2D eigenvalue weighted by atomic mass is 10.1. The average molecular weight is 277 g/mol. The van der Waals surface area contributed by atoms with Gasteiger partial charge >= 0.3 is 0 Å². The Hall–Kier alpha value is -0.130. The maximum absolute atomic E-state index is 5.91. The number of rotatable bonds is 3. The summed E-state index contributed by atoms with van der Waals surface area (Å²) in [4.78, 5) is 0. The van der Waals surface area contributed by atoms with E-state index in [1.807, 2.05) is 39.8 Å². The van der Waals surface area contributed by atoms with Crippen LogP contribution in [-0.4, -0.2) is 42.4 Å². The van der Waals surface area contributed by atoms with Gasteiger partial charge in [0.2, 0.25) is 0 Å². The van der Waals surface area contributed by atoms with Crippen LogP contribution < -0.4 is 0 Å². The van der Waals surface area contributed by atoms with Crippen molar-refractivity contribution in [3.05, 3.63) is 12.2 Å². The van der Waals surface area contributed by atoms with Gasteiger partial charge in [0.25, 0.3) is 0 Å². The molecule has 0 radical (unpaired) electrons. The third kappa shape index (κ3) is 3.25. The van der Waals surface area contributed by atoms with Gasteiger partial charge in [-0.3, -0.25) is 0 Å². The Bertz CT molecular complexity index is 327. The maximum Gasteiger partial charge on any atom is 0.164 e. The molecule has 0 aromatic carbocycles. The highest BCUT2D eigenvalue weighted by atomic mass is 35.5. The van der Waals surface area contributed by atoms with E-state index < -0.39 is 11.6 Å². The second-order valence-electron chi connectivity index (χ2n) is 5.51. The number of hydrogen-bond acceptors (Lipinski definition) is 4. The number of halogens is 1. The minimum absolute atomic E-state index is 0.119. The van der Waals surface area contributed by atoms with Crippen molar-refractivity contribution in [1.82, 2.24) is 0 Å². The van der Waals surface area contributed by atoms with Gasteiger partial charge in [-0.1, -0.05) is 12.2 Å². The van der Waals surface area contributed by atoms with Gasteiger partial charge in [0.1, 0.15) is 18.3 Å². The van der Waals surface area contributed by atoms with Gasteiger partial charge in [-0.2, -0.15) is 0 Å². The quantitative estimate of drug-likeness (QED) is 0.586. The smallest absolute Gasteiger partial charge is 0.164 e. The standard InChI is InChI=1S/C13H21ClO4/c1-12(2)15-8-10(17-12)11-9(6-5-7-14)16-13(3,4)18-11/h5-6,9-11H,7-8H2,1-4H3/b6-5+/t9-,10+,11+/m0/s1. The molecule has 104 valence electrons. The van der Waals surface area contributed by atoms with Crippen LogP contribution >= 0.6 is 11.6 Å².